The van der Waals surface area contributed by atoms with Crippen LogP contribution < -0.4 is 0 Å². The minimum absolute atomic E-state index is 0. The summed E-state index contributed by atoms with van der Waals surface area (Å²) in [5.74, 6) is 0. The molecule has 5 heteroatoms. The minimum Gasteiger partial charge on any atom is -0.870 e. The smallest absolute Gasteiger partial charge is 0 e. The summed E-state index contributed by atoms with van der Waals surface area (Å²) in [5.41, 5.74) is 0. The van der Waals surface area contributed by atoms with Crippen molar-refractivity contribution in [1.82, 2.24) is 0 Å². The van der Waals surface area contributed by atoms with Crippen LogP contribution in [0.25, 0.3) is 0 Å². The Morgan fingerprint density at radius 3 is 0.600 bits per heavy atom. The van der Waals surface area contributed by atoms with E-state index in [4.69, 9.17) is 0 Å². The van der Waals surface area contributed by atoms with Crippen LogP contribution in [0.1, 0.15) is 0 Å². The van der Waals surface area contributed by atoms with Gasteiger partial charge in [0.05, 0.1) is 0 Å². The maximum Gasteiger partial charge on any atom is 0 e. The largest absolute Gasteiger partial charge is 0.870 e. The summed E-state index contributed by atoms with van der Waals surface area (Å²) in [6, 6.07) is 0. The second-order valence-corrected chi connectivity index (χ2v) is 0. The molecule has 0 aromatic rings. The molecule has 5 heavy (non-hydrogen) atoms. The van der Waals surface area contributed by atoms with Gasteiger partial charge in [-0.3, -0.25) is 0 Å². The Morgan fingerprint density at radius 1 is 0.600 bits per heavy atom. The quantitative estimate of drug-likeness (QED) is 0.462. The number of rotatable bonds is 0. The van der Waals surface area contributed by atoms with E-state index < -0.39 is 0 Å². The fourth-order valence-corrected chi connectivity index (χ4v) is 0. The number of hydrogen-bond donors (Lipinski definition) is 0. The molecule has 0 amide bonds. The first-order valence-corrected chi connectivity index (χ1v) is 0. The molecule has 0 bridgehead atoms. The Bertz CT molecular complexity index is 3.61. The third-order valence-electron chi connectivity index (χ3n) is 0. The van der Waals surface area contributed by atoms with E-state index in [1.165, 1.54) is 0 Å². The molecule has 0 spiro atoms. The summed E-state index contributed by atoms with van der Waals surface area (Å²) in [7, 11) is 0. The van der Waals surface area contributed by atoms with E-state index in [2.05, 4.69) is 0 Å². The Labute approximate surface area is 43.1 Å². The molecule has 1 radical (unpaired) electrons. The zero-order valence-electron chi connectivity index (χ0n) is 2.33. The van der Waals surface area contributed by atoms with Crippen molar-refractivity contribution in [3.05, 3.63) is 0 Å². The van der Waals surface area contributed by atoms with Crippen LogP contribution in [-0.4, -0.2) is 21.9 Å². The fourth-order valence-electron chi connectivity index (χ4n) is 0. The molecule has 0 aliphatic carbocycles. The van der Waals surface area contributed by atoms with E-state index in [1.807, 2.05) is 0 Å². The maximum absolute atomic E-state index is 0. The number of hydrogen-bond acceptors (Lipinski definition) is 1. The van der Waals surface area contributed by atoms with Gasteiger partial charge in [-0.05, 0) is 0 Å². The molecule has 0 fully saturated rings. The van der Waals surface area contributed by atoms with Crippen LogP contribution in [0, 0.1) is 0 Å². The minimum atomic E-state index is 0. The van der Waals surface area contributed by atoms with Crippen LogP contribution in [-0.2, 0) is 20.4 Å². The van der Waals surface area contributed by atoms with Crippen LogP contribution in [0.2, 0.25) is 0 Å². The van der Waals surface area contributed by atoms with Gasteiger partial charge in [0.25, 0.3) is 0 Å². The molecule has 7 N–H and O–H groups in total. The summed E-state index contributed by atoms with van der Waals surface area (Å²) < 4.78 is 0. The Kier molecular flexibility index (Phi) is 19300. The molecule has 0 saturated heterocycles. The molecule has 0 rings (SSSR count). The molecule has 0 aromatic heterocycles. The van der Waals surface area contributed by atoms with Crippen molar-refractivity contribution in [2.45, 2.75) is 0 Å². The van der Waals surface area contributed by atoms with Gasteiger partial charge in [-0.25, -0.2) is 0 Å². The SMILES string of the molecule is O.O.O.[OH-].[Re]. The van der Waals surface area contributed by atoms with Crippen LogP contribution in [0.5, 0.6) is 0 Å². The zero-order chi connectivity index (χ0) is 0. The van der Waals surface area contributed by atoms with Gasteiger partial charge in [0.1, 0.15) is 0 Å². The summed E-state index contributed by atoms with van der Waals surface area (Å²) in [6.07, 6.45) is 0. The summed E-state index contributed by atoms with van der Waals surface area (Å²) in [5, 5.41) is 0. The molecule has 0 heterocycles. The van der Waals surface area contributed by atoms with E-state index >= 15 is 0 Å². The molecule has 0 aliphatic rings. The summed E-state index contributed by atoms with van der Waals surface area (Å²) in [4.78, 5) is 0. The fraction of sp³-hybridized carbons (Fsp3) is 0. The van der Waals surface area contributed by atoms with E-state index in [0.29, 0.717) is 0 Å². The summed E-state index contributed by atoms with van der Waals surface area (Å²) in [6.45, 7) is 0. The molecule has 0 saturated carbocycles. The van der Waals surface area contributed by atoms with Gasteiger partial charge in [-0.2, -0.15) is 0 Å². The average Bonchev–Trinajstić information content (AvgIpc) is 0. The van der Waals surface area contributed by atoms with Gasteiger partial charge in [-0.1, -0.05) is 0 Å². The standard InChI is InChI=1S/4H2O.Re/h4*1H2;/p-1. The Hall–Kier alpha value is 0.502. The predicted molar refractivity (Wildman–Crippen MR) is 12.8 cm³/mol. The molecule has 0 aliphatic heterocycles. The van der Waals surface area contributed by atoms with Crippen molar-refractivity contribution in [1.29, 1.82) is 0 Å². The van der Waals surface area contributed by atoms with E-state index in [-0.39, 0.29) is 42.3 Å². The van der Waals surface area contributed by atoms with Gasteiger partial charge in [-0.15, -0.1) is 0 Å². The third-order valence-corrected chi connectivity index (χ3v) is 0. The predicted octanol–water partition coefficient (Wildman–Crippen LogP) is -2.65. The average molecular weight is 257 g/mol. The molecular formula is H7O4Re-. The van der Waals surface area contributed by atoms with Gasteiger partial charge >= 0.3 is 0 Å². The van der Waals surface area contributed by atoms with E-state index in [0.717, 1.165) is 0 Å². The molecule has 39 valence electrons. The second kappa shape index (κ2) is 219. The van der Waals surface area contributed by atoms with Gasteiger partial charge in [0.15, 0.2) is 0 Å². The Morgan fingerprint density at radius 2 is 0.600 bits per heavy atom. The molecule has 0 aromatic carbocycles. The normalized spacial score (nSPS) is 0. The third kappa shape index (κ3) is 112. The van der Waals surface area contributed by atoms with Crippen molar-refractivity contribution in [2.75, 3.05) is 0 Å². The van der Waals surface area contributed by atoms with Gasteiger partial charge in [0.2, 0.25) is 0 Å². The molecule has 0 atom stereocenters. The summed E-state index contributed by atoms with van der Waals surface area (Å²) >= 11 is 0. The van der Waals surface area contributed by atoms with Crippen LogP contribution in [0.15, 0.2) is 0 Å². The second-order valence-electron chi connectivity index (χ2n) is 0. The Balaban J connectivity index is 0. The zero-order valence-corrected chi connectivity index (χ0v) is 5.04. The van der Waals surface area contributed by atoms with Crippen LogP contribution in [0.3, 0.4) is 0 Å². The van der Waals surface area contributed by atoms with Gasteiger partial charge in [0, 0.05) is 20.4 Å². The van der Waals surface area contributed by atoms with Crippen molar-refractivity contribution < 1.29 is 42.3 Å². The van der Waals surface area contributed by atoms with Crippen molar-refractivity contribution >= 4 is 0 Å². The van der Waals surface area contributed by atoms with Crippen molar-refractivity contribution in [3.63, 3.8) is 0 Å². The first-order chi connectivity index (χ1) is 0. The van der Waals surface area contributed by atoms with Gasteiger partial charge < -0.3 is 21.9 Å². The van der Waals surface area contributed by atoms with E-state index in [1.54, 1.807) is 0 Å². The van der Waals surface area contributed by atoms with Crippen molar-refractivity contribution in [3.8, 4) is 0 Å². The van der Waals surface area contributed by atoms with Crippen LogP contribution in [0.4, 0.5) is 0 Å². The van der Waals surface area contributed by atoms with E-state index in [9.17, 15) is 0 Å². The van der Waals surface area contributed by atoms with Crippen LogP contribution >= 0.6 is 0 Å². The van der Waals surface area contributed by atoms with Crippen molar-refractivity contribution in [2.24, 2.45) is 0 Å². The topological polar surface area (TPSA) is 124 Å². The maximum atomic E-state index is 0. The monoisotopic (exact) mass is 258 g/mol. The molecule has 0 unspecified atom stereocenters. The molecule has 4 nitrogen and oxygen atoms in total. The molecular weight excluding hydrogens is 250 g/mol. The first-order valence-electron chi connectivity index (χ1n) is 0. The first kappa shape index (κ1) is 442.